The van der Waals surface area contributed by atoms with Crippen molar-refractivity contribution in [3.05, 3.63) is 53.9 Å². The number of benzene rings is 1. The van der Waals surface area contributed by atoms with Crippen LogP contribution in [0, 0.1) is 5.92 Å². The smallest absolute Gasteiger partial charge is 0.251 e. The Morgan fingerprint density at radius 1 is 1.30 bits per heavy atom. The lowest BCUT2D eigenvalue weighted by Crippen LogP contribution is -2.38. The van der Waals surface area contributed by atoms with Crippen molar-refractivity contribution in [2.24, 2.45) is 11.7 Å². The molecule has 1 saturated carbocycles. The number of aromatic nitrogens is 2. The van der Waals surface area contributed by atoms with E-state index in [2.05, 4.69) is 10.4 Å². The molecule has 3 rings (SSSR count). The lowest BCUT2D eigenvalue weighted by atomic mass is 10.1. The van der Waals surface area contributed by atoms with Crippen LogP contribution in [0.5, 0.6) is 0 Å². The van der Waals surface area contributed by atoms with Crippen LogP contribution in [0.15, 0.2) is 42.7 Å². The van der Waals surface area contributed by atoms with E-state index >= 15 is 0 Å². The van der Waals surface area contributed by atoms with Crippen LogP contribution >= 0.6 is 24.8 Å². The van der Waals surface area contributed by atoms with Crippen LogP contribution in [0.3, 0.4) is 0 Å². The van der Waals surface area contributed by atoms with E-state index in [9.17, 15) is 4.79 Å². The van der Waals surface area contributed by atoms with Gasteiger partial charge in [-0.05, 0) is 42.5 Å². The monoisotopic (exact) mass is 356 g/mol. The van der Waals surface area contributed by atoms with Crippen LogP contribution < -0.4 is 11.1 Å². The third kappa shape index (κ3) is 5.53. The molecule has 1 heterocycles. The Hall–Kier alpha value is -1.56. The number of hydrogen-bond donors (Lipinski definition) is 2. The van der Waals surface area contributed by atoms with Crippen LogP contribution in [0.2, 0.25) is 0 Å². The third-order valence-corrected chi connectivity index (χ3v) is 3.85. The van der Waals surface area contributed by atoms with E-state index < -0.39 is 0 Å². The Kier molecular flexibility index (Phi) is 7.55. The summed E-state index contributed by atoms with van der Waals surface area (Å²) in [6, 6.07) is 9.58. The van der Waals surface area contributed by atoms with Crippen molar-refractivity contribution in [2.45, 2.75) is 25.4 Å². The molecular weight excluding hydrogens is 335 g/mol. The van der Waals surface area contributed by atoms with Crippen LogP contribution in [-0.4, -0.2) is 28.3 Å². The molecular formula is C16H22Cl2N4O. The molecule has 1 amide bonds. The highest BCUT2D eigenvalue weighted by molar-refractivity contribution is 5.94. The predicted octanol–water partition coefficient (Wildman–Crippen LogP) is 2.24. The van der Waals surface area contributed by atoms with Crippen LogP contribution in [-0.2, 0) is 6.54 Å². The fraction of sp³-hybridized carbons (Fsp3) is 0.375. The maximum atomic E-state index is 12.0. The maximum Gasteiger partial charge on any atom is 0.251 e. The third-order valence-electron chi connectivity index (χ3n) is 3.85. The summed E-state index contributed by atoms with van der Waals surface area (Å²) in [5.41, 5.74) is 7.77. The Balaban J connectivity index is 0.00000132. The van der Waals surface area contributed by atoms with Crippen molar-refractivity contribution in [2.75, 3.05) is 6.54 Å². The zero-order chi connectivity index (χ0) is 14.7. The molecule has 1 unspecified atom stereocenters. The van der Waals surface area contributed by atoms with Crippen LogP contribution in [0.25, 0.3) is 0 Å². The molecule has 3 N–H and O–H groups in total. The molecule has 1 atom stereocenters. The van der Waals surface area contributed by atoms with Crippen molar-refractivity contribution in [1.29, 1.82) is 0 Å². The minimum atomic E-state index is -0.0586. The maximum absolute atomic E-state index is 12.0. The highest BCUT2D eigenvalue weighted by atomic mass is 35.5. The van der Waals surface area contributed by atoms with E-state index in [-0.39, 0.29) is 36.8 Å². The van der Waals surface area contributed by atoms with Crippen molar-refractivity contribution >= 4 is 30.7 Å². The number of hydrogen-bond acceptors (Lipinski definition) is 3. The number of halogens is 2. The largest absolute Gasteiger partial charge is 0.350 e. The molecule has 5 nitrogen and oxygen atoms in total. The zero-order valence-corrected chi connectivity index (χ0v) is 14.4. The SMILES string of the molecule is Cl.Cl.NC(CNC(=O)c1ccc(Cn2cccn2)cc1)C1CC1. The molecule has 0 saturated heterocycles. The quantitative estimate of drug-likeness (QED) is 0.833. The summed E-state index contributed by atoms with van der Waals surface area (Å²) in [6.07, 6.45) is 6.06. The van der Waals surface area contributed by atoms with Crippen LogP contribution in [0.1, 0.15) is 28.8 Å². The highest BCUT2D eigenvalue weighted by Gasteiger charge is 2.28. The first-order chi connectivity index (χ1) is 10.2. The number of carbonyl (C=O) groups is 1. The molecule has 0 spiro atoms. The van der Waals surface area contributed by atoms with Gasteiger partial charge >= 0.3 is 0 Å². The molecule has 1 aliphatic carbocycles. The Morgan fingerprint density at radius 2 is 2.00 bits per heavy atom. The van der Waals surface area contributed by atoms with Crippen molar-refractivity contribution in [3.63, 3.8) is 0 Å². The molecule has 1 aromatic heterocycles. The van der Waals surface area contributed by atoms with Gasteiger partial charge in [-0.15, -0.1) is 24.8 Å². The standard InChI is InChI=1S/C16H20N4O.2ClH/c17-15(13-6-7-13)10-18-16(21)14-4-2-12(3-5-14)11-20-9-1-8-19-20;;/h1-5,8-9,13,15H,6-7,10-11,17H2,(H,18,21);2*1H. The summed E-state index contributed by atoms with van der Waals surface area (Å²) in [5, 5.41) is 7.07. The number of nitrogens with one attached hydrogen (secondary N) is 1. The molecule has 7 heteroatoms. The minimum Gasteiger partial charge on any atom is -0.350 e. The molecule has 126 valence electrons. The van der Waals surface area contributed by atoms with Gasteiger partial charge in [-0.1, -0.05) is 12.1 Å². The summed E-state index contributed by atoms with van der Waals surface area (Å²) in [7, 11) is 0. The molecule has 1 fully saturated rings. The lowest BCUT2D eigenvalue weighted by molar-refractivity contribution is 0.0950. The minimum absolute atomic E-state index is 0. The normalized spacial score (nSPS) is 14.3. The topological polar surface area (TPSA) is 72.9 Å². The van der Waals surface area contributed by atoms with E-state index in [0.717, 1.165) is 5.56 Å². The molecule has 0 aliphatic heterocycles. The number of rotatable bonds is 6. The van der Waals surface area contributed by atoms with Crippen LogP contribution in [0.4, 0.5) is 0 Å². The van der Waals surface area contributed by atoms with E-state index in [1.807, 2.05) is 41.2 Å². The molecule has 1 aliphatic rings. The van der Waals surface area contributed by atoms with Gasteiger partial charge in [0.15, 0.2) is 0 Å². The molecule has 0 bridgehead atoms. The average molecular weight is 357 g/mol. The zero-order valence-electron chi connectivity index (χ0n) is 12.7. The van der Waals surface area contributed by atoms with Crippen molar-refractivity contribution < 1.29 is 4.79 Å². The lowest BCUT2D eigenvalue weighted by Gasteiger charge is -2.11. The van der Waals surface area contributed by atoms with Gasteiger partial charge in [0.05, 0.1) is 6.54 Å². The number of carbonyl (C=O) groups excluding carboxylic acids is 1. The second-order valence-corrected chi connectivity index (χ2v) is 5.61. The van der Waals surface area contributed by atoms with Gasteiger partial charge in [0.25, 0.3) is 5.91 Å². The Labute approximate surface area is 148 Å². The predicted molar refractivity (Wildman–Crippen MR) is 95.3 cm³/mol. The Morgan fingerprint density at radius 3 is 2.57 bits per heavy atom. The van der Waals surface area contributed by atoms with Gasteiger partial charge < -0.3 is 11.1 Å². The van der Waals surface area contributed by atoms with Gasteiger partial charge in [0, 0.05) is 30.5 Å². The summed E-state index contributed by atoms with van der Waals surface area (Å²) >= 11 is 0. The van der Waals surface area contributed by atoms with E-state index in [0.29, 0.717) is 24.6 Å². The van der Waals surface area contributed by atoms with E-state index in [1.165, 1.54) is 12.8 Å². The summed E-state index contributed by atoms with van der Waals surface area (Å²) < 4.78 is 1.85. The highest BCUT2D eigenvalue weighted by Crippen LogP contribution is 2.31. The summed E-state index contributed by atoms with van der Waals surface area (Å²) in [4.78, 5) is 12.0. The van der Waals surface area contributed by atoms with Gasteiger partial charge in [-0.3, -0.25) is 9.48 Å². The first-order valence-electron chi connectivity index (χ1n) is 7.32. The molecule has 1 aromatic carbocycles. The second kappa shape index (κ2) is 8.91. The van der Waals surface area contributed by atoms with E-state index in [1.54, 1.807) is 6.20 Å². The first-order valence-corrected chi connectivity index (χ1v) is 7.32. The molecule has 2 aromatic rings. The fourth-order valence-electron chi connectivity index (χ4n) is 2.35. The second-order valence-electron chi connectivity index (χ2n) is 5.61. The molecule has 23 heavy (non-hydrogen) atoms. The molecule has 0 radical (unpaired) electrons. The van der Waals surface area contributed by atoms with Crippen molar-refractivity contribution in [3.8, 4) is 0 Å². The Bertz CT molecular complexity index is 597. The first kappa shape index (κ1) is 19.5. The number of amides is 1. The average Bonchev–Trinajstić information content (AvgIpc) is 3.24. The van der Waals surface area contributed by atoms with E-state index in [4.69, 9.17) is 5.73 Å². The van der Waals surface area contributed by atoms with Gasteiger partial charge in [-0.25, -0.2) is 0 Å². The van der Waals surface area contributed by atoms with Gasteiger partial charge in [0.1, 0.15) is 0 Å². The summed E-state index contributed by atoms with van der Waals surface area (Å²) in [5.74, 6) is 0.540. The van der Waals surface area contributed by atoms with Crippen molar-refractivity contribution in [1.82, 2.24) is 15.1 Å². The summed E-state index contributed by atoms with van der Waals surface area (Å²) in [6.45, 7) is 1.26. The number of nitrogens with zero attached hydrogens (tertiary/aromatic N) is 2. The number of nitrogens with two attached hydrogens (primary N) is 1. The fourth-order valence-corrected chi connectivity index (χ4v) is 2.35. The van der Waals surface area contributed by atoms with Gasteiger partial charge in [0.2, 0.25) is 0 Å². The van der Waals surface area contributed by atoms with Gasteiger partial charge in [-0.2, -0.15) is 5.10 Å².